The van der Waals surface area contributed by atoms with Crippen LogP contribution in [0.25, 0.3) is 0 Å². The Hall–Kier alpha value is -2.15. The summed E-state index contributed by atoms with van der Waals surface area (Å²) in [5.74, 6) is 3.13. The number of methoxy groups -OCH3 is 1. The molecule has 0 bridgehead atoms. The van der Waals surface area contributed by atoms with Crippen LogP contribution in [0.4, 0.5) is 0 Å². The predicted molar refractivity (Wildman–Crippen MR) is 98.7 cm³/mol. The summed E-state index contributed by atoms with van der Waals surface area (Å²) in [6.07, 6.45) is 0.0239. The molecule has 2 aliphatic heterocycles. The van der Waals surface area contributed by atoms with Crippen LogP contribution in [0.1, 0.15) is 17.2 Å². The summed E-state index contributed by atoms with van der Waals surface area (Å²) in [5.41, 5.74) is 2.27. The minimum absolute atomic E-state index is 0. The van der Waals surface area contributed by atoms with Gasteiger partial charge in [-0.2, -0.15) is 0 Å². The standard InChI is InChI=1S/C19H21NO5.ClH/c1-21-15-4-2-3-5-16(15)22-9-8-20-10-18-13-6-7-17-19(25-12-24-17)14(13)11-23-18;/h2-7,18,20H,8-12H2,1H3;1H. The highest BCUT2D eigenvalue weighted by Gasteiger charge is 2.30. The summed E-state index contributed by atoms with van der Waals surface area (Å²) < 4.78 is 27.9. The molecule has 0 fully saturated rings. The van der Waals surface area contributed by atoms with E-state index in [1.165, 1.54) is 5.56 Å². The molecule has 26 heavy (non-hydrogen) atoms. The largest absolute Gasteiger partial charge is 0.493 e. The van der Waals surface area contributed by atoms with Crippen LogP contribution in [0.3, 0.4) is 0 Å². The molecule has 140 valence electrons. The molecule has 1 unspecified atom stereocenters. The van der Waals surface area contributed by atoms with E-state index in [1.54, 1.807) is 7.11 Å². The van der Waals surface area contributed by atoms with Gasteiger partial charge < -0.3 is 29.0 Å². The minimum Gasteiger partial charge on any atom is -0.493 e. The highest BCUT2D eigenvalue weighted by Crippen LogP contribution is 2.43. The van der Waals surface area contributed by atoms with Crippen LogP contribution >= 0.6 is 12.4 Å². The molecule has 0 aromatic heterocycles. The molecule has 2 heterocycles. The Bertz CT molecular complexity index is 755. The van der Waals surface area contributed by atoms with E-state index in [1.807, 2.05) is 30.3 Å². The summed E-state index contributed by atoms with van der Waals surface area (Å²) >= 11 is 0. The summed E-state index contributed by atoms with van der Waals surface area (Å²) in [6, 6.07) is 11.7. The van der Waals surface area contributed by atoms with Gasteiger partial charge in [-0.3, -0.25) is 0 Å². The monoisotopic (exact) mass is 379 g/mol. The molecule has 0 amide bonds. The molecule has 1 atom stereocenters. The molecule has 0 aliphatic carbocycles. The third-order valence-electron chi connectivity index (χ3n) is 4.39. The van der Waals surface area contributed by atoms with Crippen molar-refractivity contribution in [1.82, 2.24) is 5.32 Å². The van der Waals surface area contributed by atoms with Crippen molar-refractivity contribution in [2.24, 2.45) is 0 Å². The molecule has 2 aromatic carbocycles. The van der Waals surface area contributed by atoms with Crippen molar-refractivity contribution in [2.45, 2.75) is 12.7 Å². The maximum Gasteiger partial charge on any atom is 0.231 e. The number of hydrogen-bond acceptors (Lipinski definition) is 6. The Labute approximate surface area is 158 Å². The average Bonchev–Trinajstić information content (AvgIpc) is 3.28. The zero-order valence-electron chi connectivity index (χ0n) is 14.5. The summed E-state index contributed by atoms with van der Waals surface area (Å²) in [5, 5.41) is 3.38. The Kier molecular flexibility index (Phi) is 6.08. The van der Waals surface area contributed by atoms with Crippen molar-refractivity contribution >= 4 is 12.4 Å². The van der Waals surface area contributed by atoms with Crippen LogP contribution in [-0.2, 0) is 11.3 Å². The number of fused-ring (bicyclic) bond motifs is 3. The average molecular weight is 380 g/mol. The first-order chi connectivity index (χ1) is 12.4. The molecule has 0 radical (unpaired) electrons. The van der Waals surface area contributed by atoms with Gasteiger partial charge in [0.15, 0.2) is 23.0 Å². The van der Waals surface area contributed by atoms with Crippen LogP contribution in [0, 0.1) is 0 Å². The fourth-order valence-electron chi connectivity index (χ4n) is 3.14. The second-order valence-corrected chi connectivity index (χ2v) is 5.87. The lowest BCUT2D eigenvalue weighted by molar-refractivity contribution is 0.0646. The maximum absolute atomic E-state index is 5.89. The van der Waals surface area contributed by atoms with E-state index in [-0.39, 0.29) is 25.3 Å². The zero-order chi connectivity index (χ0) is 17.1. The van der Waals surface area contributed by atoms with Gasteiger partial charge in [0.25, 0.3) is 0 Å². The molecular weight excluding hydrogens is 358 g/mol. The van der Waals surface area contributed by atoms with E-state index in [0.717, 1.165) is 41.7 Å². The quantitative estimate of drug-likeness (QED) is 0.746. The highest BCUT2D eigenvalue weighted by molar-refractivity contribution is 5.85. The third-order valence-corrected chi connectivity index (χ3v) is 4.39. The number of halogens is 1. The second-order valence-electron chi connectivity index (χ2n) is 5.87. The molecule has 2 aromatic rings. The first-order valence-electron chi connectivity index (χ1n) is 8.36. The van der Waals surface area contributed by atoms with Crippen LogP contribution in [0.15, 0.2) is 36.4 Å². The van der Waals surface area contributed by atoms with Gasteiger partial charge in [0.2, 0.25) is 6.79 Å². The fraction of sp³-hybridized carbons (Fsp3) is 0.368. The van der Waals surface area contributed by atoms with Crippen molar-refractivity contribution in [3.63, 3.8) is 0 Å². The van der Waals surface area contributed by atoms with Gasteiger partial charge in [-0.1, -0.05) is 18.2 Å². The second kappa shape index (κ2) is 8.49. The van der Waals surface area contributed by atoms with E-state index >= 15 is 0 Å². The van der Waals surface area contributed by atoms with Crippen molar-refractivity contribution < 1.29 is 23.7 Å². The van der Waals surface area contributed by atoms with Crippen LogP contribution in [-0.4, -0.2) is 33.6 Å². The Morgan fingerprint density at radius 2 is 1.96 bits per heavy atom. The number of rotatable bonds is 7. The lowest BCUT2D eigenvalue weighted by Crippen LogP contribution is -2.26. The molecule has 0 saturated heterocycles. The SMILES string of the molecule is COc1ccccc1OCCNCC1OCc2c1ccc1c2OCO1.Cl. The number of benzene rings is 2. The molecule has 0 saturated carbocycles. The van der Waals surface area contributed by atoms with Crippen LogP contribution < -0.4 is 24.3 Å². The number of ether oxygens (including phenoxy) is 5. The number of hydrogen-bond donors (Lipinski definition) is 1. The lowest BCUT2D eigenvalue weighted by Gasteiger charge is -2.14. The predicted octanol–water partition coefficient (Wildman–Crippen LogP) is 3.09. The fourth-order valence-corrected chi connectivity index (χ4v) is 3.14. The number of nitrogens with one attached hydrogen (secondary N) is 1. The summed E-state index contributed by atoms with van der Waals surface area (Å²) in [4.78, 5) is 0. The van der Waals surface area contributed by atoms with Gasteiger partial charge in [0, 0.05) is 18.7 Å². The third kappa shape index (κ3) is 3.67. The lowest BCUT2D eigenvalue weighted by atomic mass is 10.0. The first kappa shape index (κ1) is 18.6. The van der Waals surface area contributed by atoms with E-state index < -0.39 is 0 Å². The molecule has 4 rings (SSSR count). The minimum atomic E-state index is 0. The normalized spacial score (nSPS) is 16.7. The van der Waals surface area contributed by atoms with Crippen LogP contribution in [0.2, 0.25) is 0 Å². The van der Waals surface area contributed by atoms with E-state index in [4.69, 9.17) is 23.7 Å². The van der Waals surface area contributed by atoms with Gasteiger partial charge in [-0.25, -0.2) is 0 Å². The van der Waals surface area contributed by atoms with E-state index in [0.29, 0.717) is 13.2 Å². The van der Waals surface area contributed by atoms with Crippen molar-refractivity contribution in [2.75, 3.05) is 33.6 Å². The van der Waals surface area contributed by atoms with Gasteiger partial charge in [-0.15, -0.1) is 12.4 Å². The molecule has 2 aliphatic rings. The van der Waals surface area contributed by atoms with Crippen molar-refractivity contribution in [3.05, 3.63) is 47.5 Å². The number of para-hydroxylation sites is 2. The first-order valence-corrected chi connectivity index (χ1v) is 8.36. The molecule has 1 N–H and O–H groups in total. The highest BCUT2D eigenvalue weighted by atomic mass is 35.5. The molecule has 0 spiro atoms. The van der Waals surface area contributed by atoms with Gasteiger partial charge in [0.05, 0.1) is 19.8 Å². The van der Waals surface area contributed by atoms with Gasteiger partial charge in [0.1, 0.15) is 6.61 Å². The molecule has 6 nitrogen and oxygen atoms in total. The summed E-state index contributed by atoms with van der Waals surface area (Å²) in [7, 11) is 1.64. The Morgan fingerprint density at radius 1 is 1.12 bits per heavy atom. The van der Waals surface area contributed by atoms with Crippen molar-refractivity contribution in [1.29, 1.82) is 0 Å². The Morgan fingerprint density at radius 3 is 2.81 bits per heavy atom. The maximum atomic E-state index is 5.89. The zero-order valence-corrected chi connectivity index (χ0v) is 15.3. The topological polar surface area (TPSA) is 58.2 Å². The van der Waals surface area contributed by atoms with Crippen molar-refractivity contribution in [3.8, 4) is 23.0 Å². The van der Waals surface area contributed by atoms with Crippen LogP contribution in [0.5, 0.6) is 23.0 Å². The molecular formula is C19H22ClNO5. The van der Waals surface area contributed by atoms with E-state index in [2.05, 4.69) is 11.4 Å². The van der Waals surface area contributed by atoms with Gasteiger partial charge >= 0.3 is 0 Å². The Balaban J connectivity index is 0.00000196. The smallest absolute Gasteiger partial charge is 0.231 e. The van der Waals surface area contributed by atoms with E-state index in [9.17, 15) is 0 Å². The summed E-state index contributed by atoms with van der Waals surface area (Å²) in [6.45, 7) is 2.85. The molecule has 7 heteroatoms. The van der Waals surface area contributed by atoms with Gasteiger partial charge in [-0.05, 0) is 23.8 Å².